The van der Waals surface area contributed by atoms with E-state index in [1.54, 1.807) is 12.4 Å². The van der Waals surface area contributed by atoms with Crippen LogP contribution in [-0.2, 0) is 17.9 Å². The Bertz CT molecular complexity index is 615. The lowest BCUT2D eigenvalue weighted by atomic mass is 10.1. The highest BCUT2D eigenvalue weighted by Gasteiger charge is 2.30. The minimum atomic E-state index is 0.273. The molecule has 0 unspecified atom stereocenters. The quantitative estimate of drug-likeness (QED) is 0.800. The Balaban J connectivity index is 1.47. The number of pyridine rings is 1. The molecule has 0 radical (unpaired) electrons. The second kappa shape index (κ2) is 7.88. The predicted molar refractivity (Wildman–Crippen MR) is 90.6 cm³/mol. The summed E-state index contributed by atoms with van der Waals surface area (Å²) in [6.45, 7) is 2.51. The lowest BCUT2D eigenvalue weighted by Gasteiger charge is -2.25. The van der Waals surface area contributed by atoms with Gasteiger partial charge in [-0.1, -0.05) is 30.3 Å². The van der Waals surface area contributed by atoms with Crippen LogP contribution in [0.3, 0.4) is 0 Å². The maximum Gasteiger partial charge on any atom is 0.223 e. The summed E-state index contributed by atoms with van der Waals surface area (Å²) in [6, 6.07) is 14.7. The summed E-state index contributed by atoms with van der Waals surface area (Å²) in [4.78, 5) is 18.2. The molecule has 1 aliphatic heterocycles. The average molecular weight is 309 g/mol. The van der Waals surface area contributed by atoms with Gasteiger partial charge in [-0.15, -0.1) is 0 Å². The minimum Gasteiger partial charge on any atom is -0.335 e. The van der Waals surface area contributed by atoms with Crippen LogP contribution in [0.15, 0.2) is 54.9 Å². The highest BCUT2D eigenvalue weighted by molar-refractivity contribution is 5.78. The number of nitrogens with one attached hydrogen (secondary N) is 1. The fourth-order valence-corrected chi connectivity index (χ4v) is 3.09. The van der Waals surface area contributed by atoms with Crippen LogP contribution in [-0.4, -0.2) is 28.4 Å². The molecule has 2 heterocycles. The maximum atomic E-state index is 12.1. The van der Waals surface area contributed by atoms with Crippen molar-refractivity contribution in [3.63, 3.8) is 0 Å². The first kappa shape index (κ1) is 15.7. The molecule has 0 saturated carbocycles. The van der Waals surface area contributed by atoms with Crippen molar-refractivity contribution in [3.05, 3.63) is 66.0 Å². The van der Waals surface area contributed by atoms with Gasteiger partial charge in [0.15, 0.2) is 0 Å². The van der Waals surface area contributed by atoms with Gasteiger partial charge in [-0.2, -0.15) is 0 Å². The van der Waals surface area contributed by atoms with Gasteiger partial charge in [-0.3, -0.25) is 9.78 Å². The van der Waals surface area contributed by atoms with Crippen molar-refractivity contribution in [2.24, 2.45) is 0 Å². The third-order valence-electron chi connectivity index (χ3n) is 4.38. The lowest BCUT2D eigenvalue weighted by Crippen LogP contribution is -2.34. The molecule has 0 bridgehead atoms. The summed E-state index contributed by atoms with van der Waals surface area (Å²) in [5, 5.41) is 3.48. The molecular formula is C19H23N3O. The van der Waals surface area contributed by atoms with Crippen LogP contribution in [0.2, 0.25) is 0 Å². The number of likely N-dealkylation sites (tertiary alicyclic amines) is 1. The summed E-state index contributed by atoms with van der Waals surface area (Å²) in [5.41, 5.74) is 2.45. The SMILES string of the molecule is O=C1CC[C@@H](CCNCc2ccccc2)N1Cc1ccncc1. The Morgan fingerprint density at radius 3 is 2.65 bits per heavy atom. The molecule has 0 spiro atoms. The van der Waals surface area contributed by atoms with E-state index in [0.29, 0.717) is 19.0 Å². The molecule has 2 aromatic rings. The minimum absolute atomic E-state index is 0.273. The number of rotatable bonds is 7. The summed E-state index contributed by atoms with van der Waals surface area (Å²) in [7, 11) is 0. The van der Waals surface area contributed by atoms with Crippen LogP contribution in [0.5, 0.6) is 0 Å². The molecule has 3 rings (SSSR count). The molecule has 1 atom stereocenters. The predicted octanol–water partition coefficient (Wildman–Crippen LogP) is 2.75. The van der Waals surface area contributed by atoms with Crippen LogP contribution < -0.4 is 5.32 Å². The van der Waals surface area contributed by atoms with Crippen molar-refractivity contribution >= 4 is 5.91 Å². The molecule has 1 N–H and O–H groups in total. The van der Waals surface area contributed by atoms with E-state index < -0.39 is 0 Å². The number of carbonyl (C=O) groups is 1. The van der Waals surface area contributed by atoms with Gasteiger partial charge in [-0.25, -0.2) is 0 Å². The molecule has 1 amide bonds. The Hall–Kier alpha value is -2.20. The van der Waals surface area contributed by atoms with E-state index >= 15 is 0 Å². The number of benzene rings is 1. The second-order valence-corrected chi connectivity index (χ2v) is 6.02. The fraction of sp³-hybridized carbons (Fsp3) is 0.368. The van der Waals surface area contributed by atoms with E-state index in [9.17, 15) is 4.79 Å². The van der Waals surface area contributed by atoms with Crippen molar-refractivity contribution < 1.29 is 4.79 Å². The molecular weight excluding hydrogens is 286 g/mol. The third kappa shape index (κ3) is 4.39. The summed E-state index contributed by atoms with van der Waals surface area (Å²) >= 11 is 0. The van der Waals surface area contributed by atoms with Gasteiger partial charge >= 0.3 is 0 Å². The number of hydrogen-bond donors (Lipinski definition) is 1. The lowest BCUT2D eigenvalue weighted by molar-refractivity contribution is -0.129. The van der Waals surface area contributed by atoms with Crippen molar-refractivity contribution in [2.75, 3.05) is 6.54 Å². The molecule has 120 valence electrons. The van der Waals surface area contributed by atoms with Crippen LogP contribution in [0.4, 0.5) is 0 Å². The van der Waals surface area contributed by atoms with E-state index in [1.807, 2.05) is 23.1 Å². The molecule has 0 aliphatic carbocycles. The molecule has 1 aliphatic rings. The number of hydrogen-bond acceptors (Lipinski definition) is 3. The molecule has 1 aromatic carbocycles. The summed E-state index contributed by atoms with van der Waals surface area (Å²) in [5.74, 6) is 0.273. The zero-order chi connectivity index (χ0) is 15.9. The van der Waals surface area contributed by atoms with E-state index in [1.165, 1.54) is 5.56 Å². The highest BCUT2D eigenvalue weighted by atomic mass is 16.2. The van der Waals surface area contributed by atoms with Gasteiger partial charge in [0.1, 0.15) is 0 Å². The highest BCUT2D eigenvalue weighted by Crippen LogP contribution is 2.23. The first-order valence-electron chi connectivity index (χ1n) is 8.26. The Morgan fingerprint density at radius 2 is 1.87 bits per heavy atom. The van der Waals surface area contributed by atoms with E-state index in [2.05, 4.69) is 34.6 Å². The van der Waals surface area contributed by atoms with Crippen LogP contribution in [0.25, 0.3) is 0 Å². The van der Waals surface area contributed by atoms with Crippen LogP contribution in [0, 0.1) is 0 Å². The molecule has 4 nitrogen and oxygen atoms in total. The van der Waals surface area contributed by atoms with Gasteiger partial charge in [0.05, 0.1) is 0 Å². The van der Waals surface area contributed by atoms with Gasteiger partial charge < -0.3 is 10.2 Å². The topological polar surface area (TPSA) is 45.2 Å². The van der Waals surface area contributed by atoms with E-state index in [-0.39, 0.29) is 5.91 Å². The van der Waals surface area contributed by atoms with E-state index in [0.717, 1.165) is 31.5 Å². The van der Waals surface area contributed by atoms with Crippen molar-refractivity contribution in [1.82, 2.24) is 15.2 Å². The normalized spacial score (nSPS) is 17.7. The molecule has 4 heteroatoms. The Labute approximate surface area is 137 Å². The number of nitrogens with zero attached hydrogens (tertiary/aromatic N) is 2. The maximum absolute atomic E-state index is 12.1. The fourth-order valence-electron chi connectivity index (χ4n) is 3.09. The zero-order valence-electron chi connectivity index (χ0n) is 13.3. The number of carbonyl (C=O) groups excluding carboxylic acids is 1. The largest absolute Gasteiger partial charge is 0.335 e. The van der Waals surface area contributed by atoms with Gasteiger partial charge in [0.25, 0.3) is 0 Å². The first-order chi connectivity index (χ1) is 11.3. The van der Waals surface area contributed by atoms with Crippen LogP contribution >= 0.6 is 0 Å². The first-order valence-corrected chi connectivity index (χ1v) is 8.26. The molecule has 1 fully saturated rings. The van der Waals surface area contributed by atoms with Gasteiger partial charge in [0.2, 0.25) is 5.91 Å². The Morgan fingerprint density at radius 1 is 1.09 bits per heavy atom. The molecule has 23 heavy (non-hydrogen) atoms. The standard InChI is InChI=1S/C19H23N3O/c23-19-7-6-18(22(19)15-17-8-11-20-12-9-17)10-13-21-14-16-4-2-1-3-5-16/h1-5,8-9,11-12,18,21H,6-7,10,13-15H2/t18-/m0/s1. The summed E-state index contributed by atoms with van der Waals surface area (Å²) in [6.07, 6.45) is 6.22. The zero-order valence-corrected chi connectivity index (χ0v) is 13.3. The Kier molecular flexibility index (Phi) is 5.37. The van der Waals surface area contributed by atoms with E-state index in [4.69, 9.17) is 0 Å². The monoisotopic (exact) mass is 309 g/mol. The van der Waals surface area contributed by atoms with Crippen LogP contribution in [0.1, 0.15) is 30.4 Å². The van der Waals surface area contributed by atoms with Crippen molar-refractivity contribution in [2.45, 2.75) is 38.4 Å². The second-order valence-electron chi connectivity index (χ2n) is 6.02. The average Bonchev–Trinajstić information content (AvgIpc) is 2.94. The third-order valence-corrected chi connectivity index (χ3v) is 4.38. The summed E-state index contributed by atoms with van der Waals surface area (Å²) < 4.78 is 0. The smallest absolute Gasteiger partial charge is 0.223 e. The van der Waals surface area contributed by atoms with Crippen molar-refractivity contribution in [3.8, 4) is 0 Å². The molecule has 1 saturated heterocycles. The van der Waals surface area contributed by atoms with Gasteiger partial charge in [0, 0.05) is 37.9 Å². The number of amides is 1. The number of aromatic nitrogens is 1. The van der Waals surface area contributed by atoms with Gasteiger partial charge in [-0.05, 0) is 42.6 Å². The molecule has 1 aromatic heterocycles. The van der Waals surface area contributed by atoms with Crippen molar-refractivity contribution in [1.29, 1.82) is 0 Å².